The van der Waals surface area contributed by atoms with Crippen LogP contribution in [0.25, 0.3) is 0 Å². The predicted octanol–water partition coefficient (Wildman–Crippen LogP) is 3.72. The van der Waals surface area contributed by atoms with Crippen molar-refractivity contribution in [3.8, 4) is 0 Å². The number of nitrogens with one attached hydrogen (secondary N) is 1. The first-order valence-corrected chi connectivity index (χ1v) is 8.74. The number of piperidine rings is 1. The lowest BCUT2D eigenvalue weighted by molar-refractivity contribution is 0.0983. The molecular formula is C20H22F2N2O. The van der Waals surface area contributed by atoms with Gasteiger partial charge in [0.25, 0.3) is 0 Å². The largest absolute Gasteiger partial charge is 0.316 e. The first kappa shape index (κ1) is 17.7. The first-order chi connectivity index (χ1) is 12.1. The number of rotatable bonds is 6. The molecule has 2 heterocycles. The highest BCUT2D eigenvalue weighted by Gasteiger charge is 2.15. The number of aryl methyl sites for hydroxylation is 1. The zero-order chi connectivity index (χ0) is 17.6. The first-order valence-electron chi connectivity index (χ1n) is 8.74. The van der Waals surface area contributed by atoms with Gasteiger partial charge in [-0.05, 0) is 55.8 Å². The molecule has 3 nitrogen and oxygen atoms in total. The molecule has 2 aromatic rings. The van der Waals surface area contributed by atoms with Crippen molar-refractivity contribution in [2.75, 3.05) is 13.1 Å². The second-order valence-corrected chi connectivity index (χ2v) is 6.65. The van der Waals surface area contributed by atoms with Crippen molar-refractivity contribution in [2.45, 2.75) is 32.1 Å². The molecule has 1 N–H and O–H groups in total. The number of hydrogen-bond acceptors (Lipinski definition) is 3. The summed E-state index contributed by atoms with van der Waals surface area (Å²) in [5.74, 6) is -1.41. The number of carbonyl (C=O) groups is 1. The third-order valence-corrected chi connectivity index (χ3v) is 4.70. The summed E-state index contributed by atoms with van der Waals surface area (Å²) >= 11 is 0. The predicted molar refractivity (Wildman–Crippen MR) is 92.5 cm³/mol. The van der Waals surface area contributed by atoms with Crippen LogP contribution in [0.5, 0.6) is 0 Å². The molecule has 1 aliphatic heterocycles. The van der Waals surface area contributed by atoms with Crippen LogP contribution in [0.4, 0.5) is 8.78 Å². The van der Waals surface area contributed by atoms with Crippen molar-refractivity contribution in [1.29, 1.82) is 0 Å². The maximum absolute atomic E-state index is 13.6. The third kappa shape index (κ3) is 4.92. The molecule has 3 rings (SSSR count). The normalized spacial score (nSPS) is 17.4. The summed E-state index contributed by atoms with van der Waals surface area (Å²) in [5, 5.41) is 3.43. The van der Waals surface area contributed by atoms with Gasteiger partial charge in [0.15, 0.2) is 11.6 Å². The molecule has 5 heteroatoms. The van der Waals surface area contributed by atoms with E-state index in [0.717, 1.165) is 43.6 Å². The Morgan fingerprint density at radius 2 is 1.96 bits per heavy atom. The summed E-state index contributed by atoms with van der Waals surface area (Å²) in [5.41, 5.74) is 1.74. The lowest BCUT2D eigenvalue weighted by atomic mass is 9.92. The van der Waals surface area contributed by atoms with Gasteiger partial charge in [0.1, 0.15) is 11.5 Å². The number of aromatic nitrogens is 1. The smallest absolute Gasteiger partial charge is 0.188 e. The van der Waals surface area contributed by atoms with E-state index in [0.29, 0.717) is 6.07 Å². The molecule has 132 valence electrons. The molecule has 1 aromatic carbocycles. The van der Waals surface area contributed by atoms with Gasteiger partial charge in [-0.1, -0.05) is 24.3 Å². The molecule has 1 fully saturated rings. The Morgan fingerprint density at radius 3 is 2.64 bits per heavy atom. The van der Waals surface area contributed by atoms with Crippen LogP contribution in [0.15, 0.2) is 36.5 Å². The highest BCUT2D eigenvalue weighted by Crippen LogP contribution is 2.18. The summed E-state index contributed by atoms with van der Waals surface area (Å²) in [4.78, 5) is 15.7. The van der Waals surface area contributed by atoms with Crippen LogP contribution in [0.3, 0.4) is 0 Å². The Balaban J connectivity index is 1.55. The minimum atomic E-state index is -0.914. The summed E-state index contributed by atoms with van der Waals surface area (Å²) in [6.45, 7) is 2.23. The summed E-state index contributed by atoms with van der Waals surface area (Å²) in [7, 11) is 0. The molecule has 0 bridgehead atoms. The van der Waals surface area contributed by atoms with E-state index in [1.807, 2.05) is 24.3 Å². The molecule has 1 unspecified atom stereocenters. The molecule has 1 aromatic heterocycles. The maximum Gasteiger partial charge on any atom is 0.188 e. The van der Waals surface area contributed by atoms with Crippen LogP contribution < -0.4 is 5.32 Å². The van der Waals surface area contributed by atoms with Gasteiger partial charge in [0, 0.05) is 12.5 Å². The molecule has 25 heavy (non-hydrogen) atoms. The molecule has 0 amide bonds. The molecule has 1 atom stereocenters. The summed E-state index contributed by atoms with van der Waals surface area (Å²) in [6.07, 6.45) is 5.64. The Kier molecular flexibility index (Phi) is 5.87. The average molecular weight is 344 g/mol. The van der Waals surface area contributed by atoms with Crippen molar-refractivity contribution in [1.82, 2.24) is 10.3 Å². The van der Waals surface area contributed by atoms with E-state index in [2.05, 4.69) is 10.3 Å². The number of Topliss-reactive ketones (excluding diaryl/α,β-unsaturated/α-hetero) is 1. The van der Waals surface area contributed by atoms with Crippen molar-refractivity contribution in [2.24, 2.45) is 5.92 Å². The van der Waals surface area contributed by atoms with Gasteiger partial charge in [-0.2, -0.15) is 0 Å². The molecule has 0 saturated carbocycles. The van der Waals surface area contributed by atoms with Gasteiger partial charge in [-0.3, -0.25) is 4.79 Å². The van der Waals surface area contributed by atoms with Crippen LogP contribution in [-0.4, -0.2) is 23.9 Å². The summed E-state index contributed by atoms with van der Waals surface area (Å²) < 4.78 is 26.5. The quantitative estimate of drug-likeness (QED) is 0.812. The van der Waals surface area contributed by atoms with Crippen LogP contribution in [-0.2, 0) is 12.8 Å². The van der Waals surface area contributed by atoms with E-state index in [-0.39, 0.29) is 12.1 Å². The average Bonchev–Trinajstić information content (AvgIpc) is 2.62. The lowest BCUT2D eigenvalue weighted by Crippen LogP contribution is -2.29. The highest BCUT2D eigenvalue weighted by molar-refractivity contribution is 5.95. The fraction of sp³-hybridized carbons (Fsp3) is 0.400. The Bertz CT molecular complexity index is 725. The van der Waals surface area contributed by atoms with Crippen molar-refractivity contribution in [3.05, 3.63) is 65.0 Å². The minimum Gasteiger partial charge on any atom is -0.316 e. The van der Waals surface area contributed by atoms with E-state index < -0.39 is 17.4 Å². The van der Waals surface area contributed by atoms with Crippen LogP contribution in [0, 0.1) is 17.6 Å². The molecule has 0 spiro atoms. The van der Waals surface area contributed by atoms with Crippen molar-refractivity contribution in [3.63, 3.8) is 0 Å². The lowest BCUT2D eigenvalue weighted by Gasteiger charge is -2.22. The Labute approximate surface area is 146 Å². The SMILES string of the molecule is O=C(Cc1ccc(CCC2CCCNC2)cc1)c1ncc(F)cc1F. The Hall–Kier alpha value is -2.14. The number of nitrogens with zero attached hydrogens (tertiary/aromatic N) is 1. The summed E-state index contributed by atoms with van der Waals surface area (Å²) in [6, 6.07) is 8.52. The molecule has 0 aliphatic carbocycles. The topological polar surface area (TPSA) is 42.0 Å². The number of benzene rings is 1. The second-order valence-electron chi connectivity index (χ2n) is 6.65. The number of ketones is 1. The zero-order valence-electron chi connectivity index (χ0n) is 14.1. The molecule has 1 aliphatic rings. The van der Waals surface area contributed by atoms with E-state index >= 15 is 0 Å². The van der Waals surface area contributed by atoms with E-state index in [9.17, 15) is 13.6 Å². The monoisotopic (exact) mass is 344 g/mol. The van der Waals surface area contributed by atoms with Crippen molar-refractivity contribution < 1.29 is 13.6 Å². The van der Waals surface area contributed by atoms with E-state index in [4.69, 9.17) is 0 Å². The number of halogens is 2. The van der Waals surface area contributed by atoms with Gasteiger partial charge in [0.05, 0.1) is 6.20 Å². The standard InChI is InChI=1S/C20H22F2N2O/c21-17-11-18(22)20(24-13-17)19(25)10-15-6-3-14(4-7-15)5-8-16-2-1-9-23-12-16/h3-4,6-7,11,13,16,23H,1-2,5,8-10,12H2. The van der Waals surface area contributed by atoms with Crippen LogP contribution in [0.2, 0.25) is 0 Å². The minimum absolute atomic E-state index is 0.0579. The van der Waals surface area contributed by atoms with Gasteiger partial charge in [-0.25, -0.2) is 13.8 Å². The Morgan fingerprint density at radius 1 is 1.20 bits per heavy atom. The molecule has 0 radical (unpaired) electrons. The van der Waals surface area contributed by atoms with Gasteiger partial charge >= 0.3 is 0 Å². The fourth-order valence-electron chi connectivity index (χ4n) is 3.25. The zero-order valence-corrected chi connectivity index (χ0v) is 14.1. The van der Waals surface area contributed by atoms with Crippen LogP contribution in [0.1, 0.15) is 40.9 Å². The second kappa shape index (κ2) is 8.30. The van der Waals surface area contributed by atoms with E-state index in [1.165, 1.54) is 18.4 Å². The highest BCUT2D eigenvalue weighted by atomic mass is 19.1. The third-order valence-electron chi connectivity index (χ3n) is 4.70. The molecule has 1 saturated heterocycles. The van der Waals surface area contributed by atoms with E-state index in [1.54, 1.807) is 0 Å². The number of carbonyl (C=O) groups excluding carboxylic acids is 1. The van der Waals surface area contributed by atoms with Crippen LogP contribution >= 0.6 is 0 Å². The maximum atomic E-state index is 13.6. The van der Waals surface area contributed by atoms with Gasteiger partial charge in [0.2, 0.25) is 0 Å². The van der Waals surface area contributed by atoms with Gasteiger partial charge in [-0.15, -0.1) is 0 Å². The number of hydrogen-bond donors (Lipinski definition) is 1. The van der Waals surface area contributed by atoms with Gasteiger partial charge < -0.3 is 5.32 Å². The van der Waals surface area contributed by atoms with Crippen molar-refractivity contribution >= 4 is 5.78 Å². The number of pyridine rings is 1. The molecular weight excluding hydrogens is 322 g/mol. The fourth-order valence-corrected chi connectivity index (χ4v) is 3.25.